The summed E-state index contributed by atoms with van der Waals surface area (Å²) >= 11 is 0. The molecule has 0 aromatic carbocycles. The van der Waals surface area contributed by atoms with Crippen LogP contribution >= 0.6 is 0 Å². The van der Waals surface area contributed by atoms with Crippen LogP contribution in [0.25, 0.3) is 0 Å². The van der Waals surface area contributed by atoms with Gasteiger partial charge in [0.05, 0.1) is 6.10 Å². The van der Waals surface area contributed by atoms with Crippen LogP contribution in [-0.2, 0) is 4.43 Å². The van der Waals surface area contributed by atoms with E-state index in [4.69, 9.17) is 4.43 Å². The summed E-state index contributed by atoms with van der Waals surface area (Å²) in [5, 5.41) is 0. The Balaban J connectivity index is 4.85. The van der Waals surface area contributed by atoms with Crippen LogP contribution in [0.2, 0.25) is 19.6 Å². The van der Waals surface area contributed by atoms with Gasteiger partial charge in [-0.1, -0.05) is 47.6 Å². The highest BCUT2D eigenvalue weighted by molar-refractivity contribution is 6.69. The first kappa shape index (κ1) is 19.1. The second-order valence-corrected chi connectivity index (χ2v) is 11.1. The molecule has 0 aromatic rings. The van der Waals surface area contributed by atoms with Crippen LogP contribution < -0.4 is 0 Å². The molecule has 1 nitrogen and oxygen atoms in total. The Bertz CT molecular complexity index is 390. The molecule has 0 fully saturated rings. The van der Waals surface area contributed by atoms with Gasteiger partial charge in [0, 0.05) is 0 Å². The Kier molecular flexibility index (Phi) is 8.75. The minimum atomic E-state index is -1.55. The van der Waals surface area contributed by atoms with E-state index in [0.29, 0.717) is 0 Å². The predicted molar refractivity (Wildman–Crippen MR) is 94.6 cm³/mol. The van der Waals surface area contributed by atoms with Crippen molar-refractivity contribution < 1.29 is 4.43 Å². The fourth-order valence-corrected chi connectivity index (χ4v) is 2.76. The molecule has 20 heavy (non-hydrogen) atoms. The van der Waals surface area contributed by atoms with Crippen molar-refractivity contribution in [2.45, 2.75) is 66.3 Å². The molecule has 0 radical (unpaired) electrons. The van der Waals surface area contributed by atoms with Crippen molar-refractivity contribution in [3.63, 3.8) is 0 Å². The lowest BCUT2D eigenvalue weighted by Gasteiger charge is -2.23. The molecule has 0 saturated carbocycles. The lowest BCUT2D eigenvalue weighted by atomic mass is 10.1. The summed E-state index contributed by atoms with van der Waals surface area (Å²) < 4.78 is 6.23. The maximum atomic E-state index is 6.23. The highest BCUT2D eigenvalue weighted by atomic mass is 28.4. The van der Waals surface area contributed by atoms with Crippen molar-refractivity contribution in [1.29, 1.82) is 0 Å². The summed E-state index contributed by atoms with van der Waals surface area (Å²) in [6.07, 6.45) is 10.9. The van der Waals surface area contributed by atoms with Crippen LogP contribution in [0.3, 0.4) is 0 Å². The molecule has 0 aliphatic carbocycles. The van der Waals surface area contributed by atoms with Gasteiger partial charge in [-0.3, -0.25) is 0 Å². The van der Waals surface area contributed by atoms with Gasteiger partial charge in [-0.05, 0) is 60.2 Å². The van der Waals surface area contributed by atoms with E-state index < -0.39 is 8.32 Å². The zero-order valence-corrected chi connectivity index (χ0v) is 15.4. The van der Waals surface area contributed by atoms with Gasteiger partial charge in [-0.25, -0.2) is 0 Å². The molecule has 0 rings (SSSR count). The zero-order valence-electron chi connectivity index (χ0n) is 14.4. The molecule has 1 unspecified atom stereocenters. The lowest BCUT2D eigenvalue weighted by Crippen LogP contribution is -2.30. The number of hydrogen-bond acceptors (Lipinski definition) is 1. The van der Waals surface area contributed by atoms with Crippen molar-refractivity contribution in [3.05, 3.63) is 47.6 Å². The molecule has 0 saturated heterocycles. The third-order valence-corrected chi connectivity index (χ3v) is 3.76. The predicted octanol–water partition coefficient (Wildman–Crippen LogP) is 6.03. The van der Waals surface area contributed by atoms with Crippen molar-refractivity contribution in [3.8, 4) is 0 Å². The molecule has 0 N–H and O–H groups in total. The van der Waals surface area contributed by atoms with Crippen LogP contribution in [0.4, 0.5) is 0 Å². The Morgan fingerprint density at radius 3 is 2.15 bits per heavy atom. The van der Waals surface area contributed by atoms with Gasteiger partial charge in [-0.2, -0.15) is 0 Å². The maximum Gasteiger partial charge on any atom is 0.184 e. The van der Waals surface area contributed by atoms with Crippen molar-refractivity contribution in [2.24, 2.45) is 0 Å². The monoisotopic (exact) mass is 292 g/mol. The van der Waals surface area contributed by atoms with Crippen molar-refractivity contribution >= 4 is 8.32 Å². The minimum Gasteiger partial charge on any atom is -0.408 e. The Labute approximate surface area is 127 Å². The van der Waals surface area contributed by atoms with Gasteiger partial charge >= 0.3 is 0 Å². The van der Waals surface area contributed by atoms with Crippen LogP contribution in [-0.4, -0.2) is 14.4 Å². The fourth-order valence-electron chi connectivity index (χ4n) is 1.80. The zero-order chi connectivity index (χ0) is 15.8. The first-order valence-corrected chi connectivity index (χ1v) is 10.8. The lowest BCUT2D eigenvalue weighted by molar-refractivity contribution is 0.287. The van der Waals surface area contributed by atoms with Crippen LogP contribution in [0.5, 0.6) is 0 Å². The fraction of sp³-hybridized carbons (Fsp3) is 0.556. The van der Waals surface area contributed by atoms with E-state index in [1.54, 1.807) is 0 Å². The summed E-state index contributed by atoms with van der Waals surface area (Å²) in [6.45, 7) is 19.0. The van der Waals surface area contributed by atoms with Crippen molar-refractivity contribution in [1.82, 2.24) is 0 Å². The van der Waals surface area contributed by atoms with E-state index in [1.807, 2.05) is 6.08 Å². The van der Waals surface area contributed by atoms with Crippen LogP contribution in [0, 0.1) is 0 Å². The van der Waals surface area contributed by atoms with Gasteiger partial charge < -0.3 is 4.43 Å². The van der Waals surface area contributed by atoms with E-state index in [9.17, 15) is 0 Å². The molecule has 1 atom stereocenters. The van der Waals surface area contributed by atoms with Crippen LogP contribution in [0.1, 0.15) is 40.5 Å². The van der Waals surface area contributed by atoms with E-state index in [2.05, 4.69) is 72.1 Å². The Morgan fingerprint density at radius 2 is 1.70 bits per heavy atom. The summed E-state index contributed by atoms with van der Waals surface area (Å²) in [6, 6.07) is 0. The average Bonchev–Trinajstić information content (AvgIpc) is 2.25. The van der Waals surface area contributed by atoms with Gasteiger partial charge in [0.2, 0.25) is 0 Å². The van der Waals surface area contributed by atoms with E-state index >= 15 is 0 Å². The van der Waals surface area contributed by atoms with E-state index in [0.717, 1.165) is 12.8 Å². The Hall–Kier alpha value is -0.863. The highest BCUT2D eigenvalue weighted by Gasteiger charge is 2.18. The minimum absolute atomic E-state index is 0.0753. The Morgan fingerprint density at radius 1 is 1.10 bits per heavy atom. The van der Waals surface area contributed by atoms with Gasteiger partial charge in [0.25, 0.3) is 0 Å². The van der Waals surface area contributed by atoms with Gasteiger partial charge in [0.15, 0.2) is 8.32 Å². The maximum absolute atomic E-state index is 6.23. The summed E-state index contributed by atoms with van der Waals surface area (Å²) in [5.74, 6) is 0. The third kappa shape index (κ3) is 11.0. The van der Waals surface area contributed by atoms with Crippen LogP contribution in [0.15, 0.2) is 47.6 Å². The SMILES string of the molecule is C=C/C(C)=C/C(/C=C(\C)CCC=C(C)C)O[Si](C)(C)C. The van der Waals surface area contributed by atoms with Gasteiger partial charge in [-0.15, -0.1) is 0 Å². The topological polar surface area (TPSA) is 9.23 Å². The number of hydrogen-bond donors (Lipinski definition) is 0. The summed E-state index contributed by atoms with van der Waals surface area (Å²) in [7, 11) is -1.55. The second-order valence-electron chi connectivity index (χ2n) is 6.64. The average molecular weight is 293 g/mol. The quantitative estimate of drug-likeness (QED) is 0.301. The molecule has 0 bridgehead atoms. The summed E-state index contributed by atoms with van der Waals surface area (Å²) in [5.41, 5.74) is 3.94. The third-order valence-electron chi connectivity index (χ3n) is 2.78. The standard InChI is InChI=1S/C18H32OSi/c1-9-16(4)13-18(19-20(6,7)8)14-17(5)12-10-11-15(2)3/h9,11,13-14,18H,1,10,12H2,2-8H3/b16-13+,17-14+. The molecule has 2 heteroatoms. The first-order chi connectivity index (χ1) is 9.14. The molecular weight excluding hydrogens is 260 g/mol. The molecule has 0 heterocycles. The molecular formula is C18H32OSi. The first-order valence-electron chi connectivity index (χ1n) is 7.43. The number of allylic oxidation sites excluding steroid dienone is 5. The van der Waals surface area contributed by atoms with E-state index in [-0.39, 0.29) is 6.10 Å². The molecule has 114 valence electrons. The van der Waals surface area contributed by atoms with Crippen molar-refractivity contribution in [2.75, 3.05) is 0 Å². The largest absolute Gasteiger partial charge is 0.408 e. The molecule has 0 spiro atoms. The molecule has 0 aliphatic heterocycles. The normalized spacial score (nSPS) is 14.9. The number of rotatable bonds is 8. The second kappa shape index (κ2) is 9.14. The summed E-state index contributed by atoms with van der Waals surface area (Å²) in [4.78, 5) is 0. The van der Waals surface area contributed by atoms with Gasteiger partial charge in [0.1, 0.15) is 0 Å². The highest BCUT2D eigenvalue weighted by Crippen LogP contribution is 2.15. The van der Waals surface area contributed by atoms with E-state index in [1.165, 1.54) is 16.7 Å². The molecule has 0 aliphatic rings. The molecule has 0 aromatic heterocycles. The molecule has 0 amide bonds. The smallest absolute Gasteiger partial charge is 0.184 e.